The Hall–Kier alpha value is -0.870. The van der Waals surface area contributed by atoms with Crippen LogP contribution in [0.3, 0.4) is 0 Å². The lowest BCUT2D eigenvalue weighted by atomic mass is 10.2. The molecule has 78 valence electrons. The number of hydrogen-bond acceptors (Lipinski definition) is 3. The van der Waals surface area contributed by atoms with Crippen LogP contribution in [-0.4, -0.2) is 35.6 Å². The first-order chi connectivity index (χ1) is 6.95. The van der Waals surface area contributed by atoms with Crippen molar-refractivity contribution in [3.05, 3.63) is 18.5 Å². The van der Waals surface area contributed by atoms with Crippen molar-refractivity contribution in [1.82, 2.24) is 15.1 Å². The van der Waals surface area contributed by atoms with Crippen molar-refractivity contribution >= 4 is 0 Å². The predicted octanol–water partition coefficient (Wildman–Crippen LogP) is 0.652. The molecular formula is C10H17N3O. The van der Waals surface area contributed by atoms with Crippen LogP contribution in [0.15, 0.2) is 18.5 Å². The molecular weight excluding hydrogens is 178 g/mol. The Kier molecular flexibility index (Phi) is 3.54. The van der Waals surface area contributed by atoms with E-state index in [2.05, 4.69) is 10.4 Å². The average molecular weight is 195 g/mol. The summed E-state index contributed by atoms with van der Waals surface area (Å²) in [7, 11) is 0. The smallest absolute Gasteiger partial charge is 0.0663 e. The highest BCUT2D eigenvalue weighted by atomic mass is 16.5. The van der Waals surface area contributed by atoms with Gasteiger partial charge in [0.1, 0.15) is 0 Å². The zero-order valence-corrected chi connectivity index (χ0v) is 8.35. The molecule has 0 aliphatic carbocycles. The summed E-state index contributed by atoms with van der Waals surface area (Å²) >= 11 is 0. The van der Waals surface area contributed by atoms with Gasteiger partial charge >= 0.3 is 0 Å². The molecule has 14 heavy (non-hydrogen) atoms. The Morgan fingerprint density at radius 2 is 2.57 bits per heavy atom. The van der Waals surface area contributed by atoms with Crippen molar-refractivity contribution in [2.75, 3.05) is 19.8 Å². The van der Waals surface area contributed by atoms with E-state index in [1.165, 1.54) is 12.8 Å². The van der Waals surface area contributed by atoms with E-state index in [0.29, 0.717) is 6.04 Å². The quantitative estimate of drug-likeness (QED) is 0.701. The Morgan fingerprint density at radius 1 is 1.57 bits per heavy atom. The van der Waals surface area contributed by atoms with Gasteiger partial charge in [-0.1, -0.05) is 0 Å². The summed E-state index contributed by atoms with van der Waals surface area (Å²) in [5, 5.41) is 7.51. The van der Waals surface area contributed by atoms with Crippen LogP contribution in [0.5, 0.6) is 0 Å². The van der Waals surface area contributed by atoms with Crippen molar-refractivity contribution in [3.8, 4) is 0 Å². The van der Waals surface area contributed by atoms with Crippen LogP contribution < -0.4 is 5.32 Å². The molecule has 2 rings (SSSR count). The second-order valence-corrected chi connectivity index (χ2v) is 3.64. The van der Waals surface area contributed by atoms with E-state index in [9.17, 15) is 0 Å². The van der Waals surface area contributed by atoms with Gasteiger partial charge < -0.3 is 10.1 Å². The van der Waals surface area contributed by atoms with E-state index < -0.39 is 0 Å². The van der Waals surface area contributed by atoms with Gasteiger partial charge in [-0.3, -0.25) is 4.68 Å². The Balaban J connectivity index is 1.55. The zero-order chi connectivity index (χ0) is 9.64. The normalized spacial score (nSPS) is 21.6. The molecule has 2 heterocycles. The Labute approximate surface area is 84.3 Å². The van der Waals surface area contributed by atoms with Crippen LogP contribution in [0.25, 0.3) is 0 Å². The average Bonchev–Trinajstić information content (AvgIpc) is 2.86. The Bertz CT molecular complexity index is 242. The van der Waals surface area contributed by atoms with Crippen molar-refractivity contribution < 1.29 is 4.74 Å². The standard InChI is InChI=1S/C10H17N3O/c1-3-10(11-4-1)9-14-8-7-13-6-2-5-12-13/h2,5-6,10-11H,1,3-4,7-9H2. The molecule has 1 aliphatic heterocycles. The molecule has 1 aliphatic rings. The highest BCUT2D eigenvalue weighted by Gasteiger charge is 2.13. The molecule has 0 amide bonds. The highest BCUT2D eigenvalue weighted by molar-refractivity contribution is 4.77. The summed E-state index contributed by atoms with van der Waals surface area (Å²) in [6.45, 7) is 3.58. The van der Waals surface area contributed by atoms with Crippen LogP contribution in [0.4, 0.5) is 0 Å². The lowest BCUT2D eigenvalue weighted by Gasteiger charge is -2.10. The summed E-state index contributed by atoms with van der Waals surface area (Å²) in [6, 6.07) is 2.51. The largest absolute Gasteiger partial charge is 0.378 e. The SMILES string of the molecule is c1cnn(CCOCC2CCCN2)c1. The maximum absolute atomic E-state index is 5.57. The topological polar surface area (TPSA) is 39.1 Å². The van der Waals surface area contributed by atoms with Gasteiger partial charge in [0.2, 0.25) is 0 Å². The molecule has 0 spiro atoms. The summed E-state index contributed by atoms with van der Waals surface area (Å²) in [6.07, 6.45) is 6.28. The number of ether oxygens (including phenoxy) is 1. The second-order valence-electron chi connectivity index (χ2n) is 3.64. The molecule has 0 saturated carbocycles. The minimum atomic E-state index is 0.577. The third-order valence-electron chi connectivity index (χ3n) is 2.51. The monoisotopic (exact) mass is 195 g/mol. The molecule has 1 N–H and O–H groups in total. The third-order valence-corrected chi connectivity index (χ3v) is 2.51. The highest BCUT2D eigenvalue weighted by Crippen LogP contribution is 2.04. The summed E-state index contributed by atoms with van der Waals surface area (Å²) < 4.78 is 7.46. The number of hydrogen-bond donors (Lipinski definition) is 1. The van der Waals surface area contributed by atoms with Gasteiger partial charge in [0.25, 0.3) is 0 Å². The minimum Gasteiger partial charge on any atom is -0.378 e. The fourth-order valence-corrected chi connectivity index (χ4v) is 1.72. The summed E-state index contributed by atoms with van der Waals surface area (Å²) in [4.78, 5) is 0. The van der Waals surface area contributed by atoms with E-state index >= 15 is 0 Å². The maximum Gasteiger partial charge on any atom is 0.0663 e. The van der Waals surface area contributed by atoms with E-state index in [-0.39, 0.29) is 0 Å². The number of rotatable bonds is 5. The molecule has 1 unspecified atom stereocenters. The van der Waals surface area contributed by atoms with E-state index in [4.69, 9.17) is 4.74 Å². The molecule has 1 fully saturated rings. The van der Waals surface area contributed by atoms with Gasteiger partial charge in [0.15, 0.2) is 0 Å². The second kappa shape index (κ2) is 5.12. The molecule has 4 nitrogen and oxygen atoms in total. The lowest BCUT2D eigenvalue weighted by molar-refractivity contribution is 0.107. The number of nitrogens with zero attached hydrogens (tertiary/aromatic N) is 2. The van der Waals surface area contributed by atoms with Gasteiger partial charge in [0.05, 0.1) is 19.8 Å². The van der Waals surface area contributed by atoms with Gasteiger partial charge in [-0.05, 0) is 25.5 Å². The van der Waals surface area contributed by atoms with Crippen LogP contribution >= 0.6 is 0 Å². The minimum absolute atomic E-state index is 0.577. The molecule has 1 atom stereocenters. The van der Waals surface area contributed by atoms with Crippen LogP contribution in [0, 0.1) is 0 Å². The van der Waals surface area contributed by atoms with Crippen LogP contribution in [0.1, 0.15) is 12.8 Å². The summed E-state index contributed by atoms with van der Waals surface area (Å²) in [5.41, 5.74) is 0. The summed E-state index contributed by atoms with van der Waals surface area (Å²) in [5.74, 6) is 0. The third kappa shape index (κ3) is 2.82. The molecule has 0 radical (unpaired) electrons. The van der Waals surface area contributed by atoms with Crippen LogP contribution in [0.2, 0.25) is 0 Å². The van der Waals surface area contributed by atoms with Gasteiger partial charge in [-0.25, -0.2) is 0 Å². The predicted molar refractivity (Wildman–Crippen MR) is 54.1 cm³/mol. The molecule has 0 bridgehead atoms. The van der Waals surface area contributed by atoms with Crippen molar-refractivity contribution in [1.29, 1.82) is 0 Å². The maximum atomic E-state index is 5.57. The van der Waals surface area contributed by atoms with Crippen LogP contribution in [-0.2, 0) is 11.3 Å². The fourth-order valence-electron chi connectivity index (χ4n) is 1.72. The lowest BCUT2D eigenvalue weighted by Crippen LogP contribution is -2.27. The van der Waals surface area contributed by atoms with Gasteiger partial charge in [0, 0.05) is 18.4 Å². The zero-order valence-electron chi connectivity index (χ0n) is 8.35. The van der Waals surface area contributed by atoms with Crippen molar-refractivity contribution in [2.24, 2.45) is 0 Å². The van der Waals surface area contributed by atoms with Gasteiger partial charge in [-0.2, -0.15) is 5.10 Å². The number of aromatic nitrogens is 2. The first kappa shape index (κ1) is 9.68. The molecule has 4 heteroatoms. The fraction of sp³-hybridized carbons (Fsp3) is 0.700. The van der Waals surface area contributed by atoms with Gasteiger partial charge in [-0.15, -0.1) is 0 Å². The molecule has 1 aromatic rings. The first-order valence-electron chi connectivity index (χ1n) is 5.24. The van der Waals surface area contributed by atoms with Crippen molar-refractivity contribution in [3.63, 3.8) is 0 Å². The number of nitrogens with one attached hydrogen (secondary N) is 1. The first-order valence-corrected chi connectivity index (χ1v) is 5.24. The molecule has 1 aromatic heterocycles. The molecule has 1 saturated heterocycles. The van der Waals surface area contributed by atoms with E-state index in [1.807, 2.05) is 16.9 Å². The van der Waals surface area contributed by atoms with E-state index in [1.54, 1.807) is 6.20 Å². The van der Waals surface area contributed by atoms with E-state index in [0.717, 1.165) is 26.3 Å². The molecule has 0 aromatic carbocycles. The van der Waals surface area contributed by atoms with Crippen molar-refractivity contribution in [2.45, 2.75) is 25.4 Å². The Morgan fingerprint density at radius 3 is 3.29 bits per heavy atom.